The highest BCUT2D eigenvalue weighted by molar-refractivity contribution is 7.13. The summed E-state index contributed by atoms with van der Waals surface area (Å²) in [4.78, 5) is 30.0. The van der Waals surface area contributed by atoms with Gasteiger partial charge < -0.3 is 0 Å². The van der Waals surface area contributed by atoms with Crippen molar-refractivity contribution in [2.45, 2.75) is 71.6 Å². The first kappa shape index (κ1) is 18.0. The van der Waals surface area contributed by atoms with Crippen molar-refractivity contribution < 1.29 is 9.59 Å². The molecule has 1 aromatic rings. The molecule has 4 bridgehead atoms. The van der Waals surface area contributed by atoms with Gasteiger partial charge in [0.05, 0.1) is 10.7 Å². The smallest absolute Gasteiger partial charge is 0.273 e. The van der Waals surface area contributed by atoms with Crippen LogP contribution in [0.2, 0.25) is 0 Å². The van der Waals surface area contributed by atoms with Gasteiger partial charge in [0.15, 0.2) is 0 Å². The summed E-state index contributed by atoms with van der Waals surface area (Å²) in [5.41, 5.74) is 6.19. The number of thiazole rings is 1. The molecule has 4 fully saturated rings. The Labute approximate surface area is 159 Å². The second-order valence-electron chi connectivity index (χ2n) is 9.22. The lowest BCUT2D eigenvalue weighted by atomic mass is 9.49. The Morgan fingerprint density at radius 3 is 2.19 bits per heavy atom. The number of carbonyl (C=O) groups is 2. The third kappa shape index (κ3) is 3.40. The Hall–Kier alpha value is -1.43. The predicted octanol–water partition coefficient (Wildman–Crippen LogP) is 3.94. The number of hydrogen-bond acceptors (Lipinski definition) is 4. The summed E-state index contributed by atoms with van der Waals surface area (Å²) in [5.74, 6) is 2.48. The van der Waals surface area contributed by atoms with E-state index in [1.54, 1.807) is 0 Å². The lowest BCUT2D eigenvalue weighted by molar-refractivity contribution is -0.130. The zero-order valence-electron chi connectivity index (χ0n) is 15.9. The van der Waals surface area contributed by atoms with Gasteiger partial charge in [0.2, 0.25) is 5.91 Å². The molecule has 0 aliphatic heterocycles. The Morgan fingerprint density at radius 2 is 1.69 bits per heavy atom. The third-order valence-corrected chi connectivity index (χ3v) is 7.99. The maximum absolute atomic E-state index is 12.5. The van der Waals surface area contributed by atoms with Gasteiger partial charge in [0, 0.05) is 12.3 Å². The molecule has 0 aromatic carbocycles. The minimum atomic E-state index is -0.259. The number of hydrogen-bond donors (Lipinski definition) is 2. The molecule has 5 rings (SSSR count). The van der Waals surface area contributed by atoms with Crippen LogP contribution in [0.1, 0.15) is 85.1 Å². The van der Waals surface area contributed by atoms with E-state index in [9.17, 15) is 9.59 Å². The number of nitrogens with zero attached hydrogens (tertiary/aromatic N) is 1. The van der Waals surface area contributed by atoms with Crippen LogP contribution >= 0.6 is 11.3 Å². The van der Waals surface area contributed by atoms with Crippen molar-refractivity contribution in [2.75, 3.05) is 0 Å². The van der Waals surface area contributed by atoms with Gasteiger partial charge in [-0.05, 0) is 68.6 Å². The molecule has 1 heterocycles. The van der Waals surface area contributed by atoms with E-state index in [0.717, 1.165) is 28.5 Å². The number of carbonyl (C=O) groups excluding carboxylic acids is 2. The Morgan fingerprint density at radius 1 is 1.12 bits per heavy atom. The summed E-state index contributed by atoms with van der Waals surface area (Å²) in [6.07, 6.45) is 8.28. The van der Waals surface area contributed by atoms with Crippen molar-refractivity contribution in [1.82, 2.24) is 15.8 Å². The summed E-state index contributed by atoms with van der Waals surface area (Å²) >= 11 is 1.41. The maximum atomic E-state index is 12.5. The monoisotopic (exact) mass is 375 g/mol. The summed E-state index contributed by atoms with van der Waals surface area (Å²) < 4.78 is 0. The van der Waals surface area contributed by atoms with Crippen LogP contribution in [0, 0.1) is 30.1 Å². The van der Waals surface area contributed by atoms with Gasteiger partial charge >= 0.3 is 0 Å². The first-order chi connectivity index (χ1) is 12.3. The lowest BCUT2D eigenvalue weighted by Gasteiger charge is -2.56. The standard InChI is InChI=1S/C20H29N3O2S/c1-11(2)19-21-12(3)17(26-19)18(25)23-22-16(24)10-20-7-13-4-14(8-20)6-15(5-13)9-20/h11,13-15H,4-10H2,1-3H3,(H,22,24)(H,23,25). The highest BCUT2D eigenvalue weighted by Crippen LogP contribution is 2.61. The molecule has 0 radical (unpaired) electrons. The first-order valence-corrected chi connectivity index (χ1v) is 10.7. The molecule has 2 amide bonds. The zero-order valence-corrected chi connectivity index (χ0v) is 16.7. The molecule has 1 aromatic heterocycles. The number of nitrogens with one attached hydrogen (secondary N) is 2. The van der Waals surface area contributed by atoms with Crippen molar-refractivity contribution in [3.8, 4) is 0 Å². The van der Waals surface area contributed by atoms with Crippen LogP contribution in [0.25, 0.3) is 0 Å². The van der Waals surface area contributed by atoms with Crippen molar-refractivity contribution in [2.24, 2.45) is 23.2 Å². The van der Waals surface area contributed by atoms with E-state index < -0.39 is 0 Å². The van der Waals surface area contributed by atoms with E-state index in [1.807, 2.05) is 6.92 Å². The Kier molecular flexibility index (Phi) is 4.58. The fourth-order valence-corrected chi connectivity index (χ4v) is 6.91. The number of aryl methyl sites for hydroxylation is 1. The average Bonchev–Trinajstić information content (AvgIpc) is 2.93. The van der Waals surface area contributed by atoms with Crippen LogP contribution in [-0.2, 0) is 4.79 Å². The first-order valence-electron chi connectivity index (χ1n) is 9.90. The van der Waals surface area contributed by atoms with Gasteiger partial charge in [-0.2, -0.15) is 0 Å². The van der Waals surface area contributed by atoms with Crippen LogP contribution in [0.15, 0.2) is 0 Å². The van der Waals surface area contributed by atoms with Crippen LogP contribution in [-0.4, -0.2) is 16.8 Å². The summed E-state index contributed by atoms with van der Waals surface area (Å²) in [5, 5.41) is 0.951. The number of rotatable bonds is 4. The third-order valence-electron chi connectivity index (χ3n) is 6.53. The lowest BCUT2D eigenvalue weighted by Crippen LogP contribution is -2.50. The van der Waals surface area contributed by atoms with Gasteiger partial charge in [0.25, 0.3) is 5.91 Å². The van der Waals surface area contributed by atoms with Gasteiger partial charge in [-0.15, -0.1) is 11.3 Å². The summed E-state index contributed by atoms with van der Waals surface area (Å²) in [6.45, 7) is 5.97. The largest absolute Gasteiger partial charge is 0.281 e. The van der Waals surface area contributed by atoms with E-state index in [0.29, 0.717) is 17.2 Å². The molecular weight excluding hydrogens is 346 g/mol. The van der Waals surface area contributed by atoms with Crippen LogP contribution < -0.4 is 10.9 Å². The molecule has 26 heavy (non-hydrogen) atoms. The van der Waals surface area contributed by atoms with Gasteiger partial charge in [0.1, 0.15) is 4.88 Å². The maximum Gasteiger partial charge on any atom is 0.281 e. The average molecular weight is 376 g/mol. The molecule has 5 nitrogen and oxygen atoms in total. The minimum Gasteiger partial charge on any atom is -0.273 e. The fraction of sp³-hybridized carbons (Fsp3) is 0.750. The number of amides is 2. The van der Waals surface area contributed by atoms with E-state index in [-0.39, 0.29) is 17.2 Å². The van der Waals surface area contributed by atoms with E-state index in [1.165, 1.54) is 49.9 Å². The Balaban J connectivity index is 1.34. The van der Waals surface area contributed by atoms with E-state index in [4.69, 9.17) is 0 Å². The Bertz CT molecular complexity index is 689. The fourth-order valence-electron chi connectivity index (χ4n) is 5.95. The summed E-state index contributed by atoms with van der Waals surface area (Å²) in [6, 6.07) is 0. The van der Waals surface area contributed by atoms with Gasteiger partial charge in [-0.1, -0.05) is 13.8 Å². The molecule has 4 saturated carbocycles. The van der Waals surface area contributed by atoms with Crippen LogP contribution in [0.5, 0.6) is 0 Å². The number of hydrazine groups is 1. The number of aromatic nitrogens is 1. The van der Waals surface area contributed by atoms with Gasteiger partial charge in [-0.3, -0.25) is 20.4 Å². The molecule has 6 heteroatoms. The van der Waals surface area contributed by atoms with E-state index >= 15 is 0 Å². The molecule has 0 spiro atoms. The van der Waals surface area contributed by atoms with E-state index in [2.05, 4.69) is 29.7 Å². The SMILES string of the molecule is Cc1nc(C(C)C)sc1C(=O)NNC(=O)CC12CC3CC(CC(C3)C1)C2. The second-order valence-corrected chi connectivity index (χ2v) is 10.2. The van der Waals surface area contributed by atoms with Crippen molar-refractivity contribution in [3.05, 3.63) is 15.6 Å². The quantitative estimate of drug-likeness (QED) is 0.783. The minimum absolute atomic E-state index is 0.0495. The molecule has 142 valence electrons. The second kappa shape index (κ2) is 6.63. The van der Waals surface area contributed by atoms with Crippen LogP contribution in [0.3, 0.4) is 0 Å². The zero-order chi connectivity index (χ0) is 18.5. The van der Waals surface area contributed by atoms with Crippen LogP contribution in [0.4, 0.5) is 0 Å². The molecule has 4 aliphatic rings. The van der Waals surface area contributed by atoms with Crippen molar-refractivity contribution >= 4 is 23.2 Å². The molecule has 0 atom stereocenters. The molecule has 0 saturated heterocycles. The molecular formula is C20H29N3O2S. The topological polar surface area (TPSA) is 71.1 Å². The van der Waals surface area contributed by atoms with Crippen molar-refractivity contribution in [1.29, 1.82) is 0 Å². The van der Waals surface area contributed by atoms with Gasteiger partial charge in [-0.25, -0.2) is 4.98 Å². The highest BCUT2D eigenvalue weighted by Gasteiger charge is 2.51. The molecule has 2 N–H and O–H groups in total. The molecule has 4 aliphatic carbocycles. The van der Waals surface area contributed by atoms with Crippen molar-refractivity contribution in [3.63, 3.8) is 0 Å². The normalized spacial score (nSPS) is 32.1. The predicted molar refractivity (Wildman–Crippen MR) is 102 cm³/mol. The molecule has 0 unspecified atom stereocenters. The highest BCUT2D eigenvalue weighted by atomic mass is 32.1. The summed E-state index contributed by atoms with van der Waals surface area (Å²) in [7, 11) is 0.